The van der Waals surface area contributed by atoms with E-state index in [-0.39, 0.29) is 36.5 Å². The zero-order valence-electron chi connectivity index (χ0n) is 13.9. The van der Waals surface area contributed by atoms with Crippen LogP contribution in [0.15, 0.2) is 22.5 Å². The van der Waals surface area contributed by atoms with Gasteiger partial charge in [0.15, 0.2) is 5.96 Å². The van der Waals surface area contributed by atoms with Crippen molar-refractivity contribution in [2.45, 2.75) is 32.8 Å². The highest BCUT2D eigenvalue weighted by molar-refractivity contribution is 14.0. The summed E-state index contributed by atoms with van der Waals surface area (Å²) in [6.45, 7) is 6.52. The Bertz CT molecular complexity index is 470. The molecule has 0 amide bonds. The third-order valence-electron chi connectivity index (χ3n) is 2.66. The molecule has 1 aromatic heterocycles. The summed E-state index contributed by atoms with van der Waals surface area (Å²) in [5.74, 6) is 0.410. The second-order valence-corrected chi connectivity index (χ2v) is 6.77. The molecule has 0 aliphatic carbocycles. The van der Waals surface area contributed by atoms with Crippen molar-refractivity contribution >= 4 is 47.2 Å². The topological polar surface area (TPSA) is 53.9 Å². The van der Waals surface area contributed by atoms with Crippen LogP contribution in [0.1, 0.15) is 25.6 Å². The first-order chi connectivity index (χ1) is 9.81. The van der Waals surface area contributed by atoms with Crippen molar-refractivity contribution in [2.75, 3.05) is 27.2 Å². The minimum Gasteiger partial charge on any atom is -0.459 e. The van der Waals surface area contributed by atoms with Crippen LogP contribution in [0.3, 0.4) is 0 Å². The smallest absolute Gasteiger partial charge is 0.325 e. The van der Waals surface area contributed by atoms with E-state index in [2.05, 4.69) is 27.8 Å². The number of carbonyl (C=O) groups is 1. The summed E-state index contributed by atoms with van der Waals surface area (Å²) < 4.78 is 5.26. The van der Waals surface area contributed by atoms with E-state index >= 15 is 0 Å². The van der Waals surface area contributed by atoms with Gasteiger partial charge in [0.05, 0.1) is 0 Å². The van der Waals surface area contributed by atoms with E-state index in [1.165, 1.54) is 4.88 Å². The minimum absolute atomic E-state index is 0. The molecule has 22 heavy (non-hydrogen) atoms. The van der Waals surface area contributed by atoms with E-state index in [1.54, 1.807) is 18.4 Å². The minimum atomic E-state index is -0.465. The monoisotopic (exact) mass is 439 g/mol. The highest BCUT2D eigenvalue weighted by Gasteiger charge is 2.16. The number of aliphatic imine (C=N–C) groups is 1. The molecular weight excluding hydrogens is 413 g/mol. The number of ether oxygens (including phenoxy) is 1. The molecule has 0 atom stereocenters. The van der Waals surface area contributed by atoms with Crippen LogP contribution in [0.5, 0.6) is 0 Å². The third-order valence-corrected chi connectivity index (χ3v) is 3.59. The van der Waals surface area contributed by atoms with Crippen LogP contribution >= 0.6 is 35.3 Å². The first-order valence-corrected chi connectivity index (χ1v) is 7.86. The number of esters is 1. The number of guanidine groups is 1. The fourth-order valence-electron chi connectivity index (χ4n) is 1.75. The molecule has 0 bridgehead atoms. The van der Waals surface area contributed by atoms with Gasteiger partial charge in [-0.15, -0.1) is 35.3 Å². The number of hydrogen-bond acceptors (Lipinski definition) is 4. The molecule has 1 N–H and O–H groups in total. The molecule has 0 fully saturated rings. The fourth-order valence-corrected chi connectivity index (χ4v) is 2.45. The maximum absolute atomic E-state index is 11.7. The van der Waals surface area contributed by atoms with Crippen LogP contribution in [0.2, 0.25) is 0 Å². The standard InChI is InChI=1S/C15H25N3O2S.HI/c1-15(2,3)20-13(19)11-17-14(16-4)18(5)9-8-12-7-6-10-21-12;/h6-7,10H,8-9,11H2,1-5H3,(H,16,17);1H. The Balaban J connectivity index is 0.00000441. The predicted molar refractivity (Wildman–Crippen MR) is 103 cm³/mol. The maximum Gasteiger partial charge on any atom is 0.325 e. The normalized spacial score (nSPS) is 11.6. The van der Waals surface area contributed by atoms with E-state index in [0.717, 1.165) is 13.0 Å². The van der Waals surface area contributed by atoms with Gasteiger partial charge in [-0.05, 0) is 38.6 Å². The number of halogens is 1. The Hall–Kier alpha value is -0.830. The maximum atomic E-state index is 11.7. The Morgan fingerprint density at radius 2 is 2.14 bits per heavy atom. The summed E-state index contributed by atoms with van der Waals surface area (Å²) in [7, 11) is 3.66. The van der Waals surface area contributed by atoms with Gasteiger partial charge in [0, 0.05) is 25.5 Å². The summed E-state index contributed by atoms with van der Waals surface area (Å²) in [6, 6.07) is 4.17. The molecule has 126 valence electrons. The molecule has 5 nitrogen and oxygen atoms in total. The largest absolute Gasteiger partial charge is 0.459 e. The van der Waals surface area contributed by atoms with Crippen molar-refractivity contribution in [3.8, 4) is 0 Å². The van der Waals surface area contributed by atoms with Crippen LogP contribution in [0.4, 0.5) is 0 Å². The number of carbonyl (C=O) groups excluding carboxylic acids is 1. The van der Waals surface area contributed by atoms with Crippen LogP contribution in [0, 0.1) is 0 Å². The van der Waals surface area contributed by atoms with Crippen LogP contribution in [-0.2, 0) is 16.0 Å². The van der Waals surface area contributed by atoms with Gasteiger partial charge in [0.2, 0.25) is 0 Å². The number of nitrogens with zero attached hydrogens (tertiary/aromatic N) is 2. The molecule has 0 unspecified atom stereocenters. The predicted octanol–water partition coefficient (Wildman–Crippen LogP) is 2.76. The Kier molecular flexibility index (Phi) is 9.66. The summed E-state index contributed by atoms with van der Waals surface area (Å²) >= 11 is 1.75. The van der Waals surface area contributed by atoms with Gasteiger partial charge >= 0.3 is 5.97 Å². The van der Waals surface area contributed by atoms with Gasteiger partial charge in [0.25, 0.3) is 0 Å². The van der Waals surface area contributed by atoms with E-state index in [0.29, 0.717) is 5.96 Å². The highest BCUT2D eigenvalue weighted by atomic mass is 127. The number of thiophene rings is 1. The SMILES string of the molecule is CN=C(NCC(=O)OC(C)(C)C)N(C)CCc1cccs1.I. The average molecular weight is 439 g/mol. The number of likely N-dealkylation sites (N-methyl/N-ethyl adjacent to an activating group) is 1. The first kappa shape index (κ1) is 21.2. The van der Waals surface area contributed by atoms with Crippen molar-refractivity contribution in [3.63, 3.8) is 0 Å². The van der Waals surface area contributed by atoms with Gasteiger partial charge in [-0.25, -0.2) is 0 Å². The van der Waals surface area contributed by atoms with E-state index in [1.807, 2.05) is 32.7 Å². The second kappa shape index (κ2) is 10.0. The zero-order chi connectivity index (χ0) is 15.9. The highest BCUT2D eigenvalue weighted by Crippen LogP contribution is 2.09. The van der Waals surface area contributed by atoms with Gasteiger partial charge in [-0.3, -0.25) is 9.79 Å². The summed E-state index contributed by atoms with van der Waals surface area (Å²) in [5, 5.41) is 5.10. The van der Waals surface area contributed by atoms with Gasteiger partial charge in [0.1, 0.15) is 12.1 Å². The summed E-state index contributed by atoms with van der Waals surface area (Å²) in [6.07, 6.45) is 0.960. The zero-order valence-corrected chi connectivity index (χ0v) is 17.0. The molecule has 0 radical (unpaired) electrons. The Morgan fingerprint density at radius 1 is 1.45 bits per heavy atom. The molecule has 0 aliphatic heterocycles. The molecule has 1 aromatic rings. The average Bonchev–Trinajstić information content (AvgIpc) is 2.88. The lowest BCUT2D eigenvalue weighted by Crippen LogP contribution is -2.43. The number of rotatable bonds is 5. The quantitative estimate of drug-likeness (QED) is 0.332. The fraction of sp³-hybridized carbons (Fsp3) is 0.600. The lowest BCUT2D eigenvalue weighted by molar-refractivity contribution is -0.153. The lowest BCUT2D eigenvalue weighted by atomic mass is 10.2. The molecule has 1 heterocycles. The third kappa shape index (κ3) is 8.57. The van der Waals surface area contributed by atoms with E-state index < -0.39 is 5.60 Å². The van der Waals surface area contributed by atoms with Gasteiger partial charge < -0.3 is 15.0 Å². The van der Waals surface area contributed by atoms with Crippen molar-refractivity contribution in [1.82, 2.24) is 10.2 Å². The van der Waals surface area contributed by atoms with Crippen LogP contribution in [0.25, 0.3) is 0 Å². The van der Waals surface area contributed by atoms with Crippen molar-refractivity contribution in [1.29, 1.82) is 0 Å². The molecule has 1 rings (SSSR count). The lowest BCUT2D eigenvalue weighted by Gasteiger charge is -2.23. The molecule has 0 aliphatic rings. The van der Waals surface area contributed by atoms with Crippen molar-refractivity contribution in [2.24, 2.45) is 4.99 Å². The molecule has 7 heteroatoms. The Morgan fingerprint density at radius 3 is 2.64 bits per heavy atom. The molecule has 0 spiro atoms. The summed E-state index contributed by atoms with van der Waals surface area (Å²) in [4.78, 5) is 19.2. The van der Waals surface area contributed by atoms with E-state index in [4.69, 9.17) is 4.74 Å². The molecular formula is C15H26IN3O2S. The first-order valence-electron chi connectivity index (χ1n) is 6.98. The van der Waals surface area contributed by atoms with Crippen LogP contribution in [-0.4, -0.2) is 49.6 Å². The summed E-state index contributed by atoms with van der Waals surface area (Å²) in [5.41, 5.74) is -0.465. The van der Waals surface area contributed by atoms with Crippen LogP contribution < -0.4 is 5.32 Å². The van der Waals surface area contributed by atoms with Gasteiger partial charge in [-0.1, -0.05) is 6.07 Å². The molecule has 0 aromatic carbocycles. The second-order valence-electron chi connectivity index (χ2n) is 5.74. The number of nitrogens with one attached hydrogen (secondary N) is 1. The van der Waals surface area contributed by atoms with Crippen molar-refractivity contribution in [3.05, 3.63) is 22.4 Å². The molecule has 0 saturated carbocycles. The van der Waals surface area contributed by atoms with E-state index in [9.17, 15) is 4.79 Å². The Labute approximate surface area is 154 Å². The number of hydrogen-bond donors (Lipinski definition) is 1. The molecule has 0 saturated heterocycles. The van der Waals surface area contributed by atoms with Gasteiger partial charge in [-0.2, -0.15) is 0 Å². The van der Waals surface area contributed by atoms with Crippen molar-refractivity contribution < 1.29 is 9.53 Å².